The number of rotatable bonds is 3. The molecule has 0 bridgehead atoms. The van der Waals surface area contributed by atoms with Gasteiger partial charge in [0.05, 0.1) is 0 Å². The van der Waals surface area contributed by atoms with E-state index in [2.05, 4.69) is 31.9 Å². The minimum absolute atomic E-state index is 0.137. The van der Waals surface area contributed by atoms with E-state index in [1.807, 2.05) is 0 Å². The predicted molar refractivity (Wildman–Crippen MR) is 62.8 cm³/mol. The highest BCUT2D eigenvalue weighted by molar-refractivity contribution is 9.12. The van der Waals surface area contributed by atoms with Gasteiger partial charge in [-0.2, -0.15) is 0 Å². The summed E-state index contributed by atoms with van der Waals surface area (Å²) in [5, 5.41) is 0. The van der Waals surface area contributed by atoms with Gasteiger partial charge in [-0.1, -0.05) is 31.9 Å². The zero-order valence-electron chi connectivity index (χ0n) is 8.62. The summed E-state index contributed by atoms with van der Waals surface area (Å²) in [7, 11) is 6.60. The molecule has 0 saturated heterocycles. The summed E-state index contributed by atoms with van der Waals surface area (Å²) in [5.74, 6) is -0.274. The molecule has 2 unspecified atom stereocenters. The Morgan fingerprint density at radius 2 is 1.07 bits per heavy atom. The molecule has 0 aliphatic rings. The fourth-order valence-corrected chi connectivity index (χ4v) is 2.01. The largest absolute Gasteiger partial charge is 0.348 e. The maximum absolute atomic E-state index is 11.5. The first kappa shape index (κ1) is 13.9. The highest BCUT2D eigenvalue weighted by Crippen LogP contribution is 2.17. The minimum atomic E-state index is -0.535. The van der Waals surface area contributed by atoms with Gasteiger partial charge in [0.25, 0.3) is 0 Å². The highest BCUT2D eigenvalue weighted by Gasteiger charge is 2.31. The summed E-state index contributed by atoms with van der Waals surface area (Å²) in [6.07, 6.45) is 0. The van der Waals surface area contributed by atoms with Crippen LogP contribution in [-0.2, 0) is 9.59 Å². The van der Waals surface area contributed by atoms with Gasteiger partial charge in [-0.05, 0) is 0 Å². The van der Waals surface area contributed by atoms with Crippen LogP contribution < -0.4 is 0 Å². The van der Waals surface area contributed by atoms with Crippen molar-refractivity contribution < 1.29 is 9.59 Å². The van der Waals surface area contributed by atoms with Gasteiger partial charge in [0.1, 0.15) is 9.65 Å². The third kappa shape index (κ3) is 3.57. The molecule has 0 aromatic heterocycles. The molecule has 0 aromatic rings. The third-order valence-corrected chi connectivity index (χ3v) is 4.16. The van der Waals surface area contributed by atoms with Gasteiger partial charge >= 0.3 is 0 Å². The third-order valence-electron chi connectivity index (χ3n) is 1.61. The molecule has 0 fully saturated rings. The van der Waals surface area contributed by atoms with E-state index in [0.29, 0.717) is 0 Å². The Morgan fingerprint density at radius 1 is 0.857 bits per heavy atom. The smallest absolute Gasteiger partial charge is 0.237 e. The number of carbonyl (C=O) groups is 2. The second-order valence-corrected chi connectivity index (χ2v) is 5.24. The Hall–Kier alpha value is -0.100. The summed E-state index contributed by atoms with van der Waals surface area (Å²) in [6.45, 7) is 0. The molecule has 0 rings (SSSR count). The first-order valence-corrected chi connectivity index (χ1v) is 5.82. The van der Waals surface area contributed by atoms with Gasteiger partial charge in [0, 0.05) is 28.2 Å². The second kappa shape index (κ2) is 5.70. The first-order valence-electron chi connectivity index (χ1n) is 3.99. The Morgan fingerprint density at radius 3 is 1.21 bits per heavy atom. The number of halogens is 2. The van der Waals surface area contributed by atoms with Crippen LogP contribution in [0.15, 0.2) is 0 Å². The van der Waals surface area contributed by atoms with Crippen LogP contribution in [0.2, 0.25) is 0 Å². The molecule has 0 aliphatic carbocycles. The Bertz CT molecular complexity index is 207. The summed E-state index contributed by atoms with van der Waals surface area (Å²) in [6, 6.07) is 0. The van der Waals surface area contributed by atoms with Gasteiger partial charge in [-0.25, -0.2) is 0 Å². The molecule has 2 atom stereocenters. The van der Waals surface area contributed by atoms with Crippen molar-refractivity contribution in [3.8, 4) is 0 Å². The predicted octanol–water partition coefficient (Wildman–Crippen LogP) is 0.690. The maximum Gasteiger partial charge on any atom is 0.237 e. The summed E-state index contributed by atoms with van der Waals surface area (Å²) < 4.78 is 0. The molecule has 0 N–H and O–H groups in total. The molecule has 0 heterocycles. The van der Waals surface area contributed by atoms with Crippen LogP contribution in [0.1, 0.15) is 0 Å². The second-order valence-electron chi connectivity index (χ2n) is 3.27. The lowest BCUT2D eigenvalue weighted by Crippen LogP contribution is -2.42. The van der Waals surface area contributed by atoms with E-state index in [0.717, 1.165) is 0 Å². The first-order chi connectivity index (χ1) is 6.29. The number of nitrogens with zero attached hydrogens (tertiary/aromatic N) is 2. The molecule has 0 radical (unpaired) electrons. The quantitative estimate of drug-likeness (QED) is 0.715. The summed E-state index contributed by atoms with van der Waals surface area (Å²) in [4.78, 5) is 24.8. The zero-order chi connectivity index (χ0) is 11.5. The van der Waals surface area contributed by atoms with Gasteiger partial charge in [0.15, 0.2) is 0 Å². The molecule has 14 heavy (non-hydrogen) atoms. The van der Waals surface area contributed by atoms with Gasteiger partial charge in [0.2, 0.25) is 11.8 Å². The Kier molecular flexibility index (Phi) is 5.66. The topological polar surface area (TPSA) is 40.6 Å². The average molecular weight is 330 g/mol. The number of carbonyl (C=O) groups excluding carboxylic acids is 2. The lowest BCUT2D eigenvalue weighted by Gasteiger charge is -2.21. The van der Waals surface area contributed by atoms with E-state index in [9.17, 15) is 9.59 Å². The summed E-state index contributed by atoms with van der Waals surface area (Å²) in [5.41, 5.74) is 0. The van der Waals surface area contributed by atoms with Crippen molar-refractivity contribution in [3.63, 3.8) is 0 Å². The van der Waals surface area contributed by atoms with Crippen molar-refractivity contribution >= 4 is 43.7 Å². The highest BCUT2D eigenvalue weighted by atomic mass is 79.9. The molecule has 2 amide bonds. The van der Waals surface area contributed by atoms with Crippen LogP contribution in [0.25, 0.3) is 0 Å². The van der Waals surface area contributed by atoms with Crippen LogP contribution in [0.4, 0.5) is 0 Å². The van der Waals surface area contributed by atoms with Gasteiger partial charge in [-0.3, -0.25) is 9.59 Å². The fourth-order valence-electron chi connectivity index (χ4n) is 0.744. The Labute approximate surface area is 101 Å². The molecule has 6 heteroatoms. The van der Waals surface area contributed by atoms with Crippen molar-refractivity contribution in [3.05, 3.63) is 0 Å². The van der Waals surface area contributed by atoms with Crippen LogP contribution in [0.5, 0.6) is 0 Å². The van der Waals surface area contributed by atoms with E-state index >= 15 is 0 Å². The van der Waals surface area contributed by atoms with Crippen molar-refractivity contribution in [2.75, 3.05) is 28.2 Å². The number of alkyl halides is 2. The average Bonchev–Trinajstić information content (AvgIpc) is 2.12. The number of hydrogen-bond donors (Lipinski definition) is 0. The summed E-state index contributed by atoms with van der Waals surface area (Å²) >= 11 is 6.39. The molecule has 0 saturated carbocycles. The lowest BCUT2D eigenvalue weighted by atomic mass is 10.2. The lowest BCUT2D eigenvalue weighted by molar-refractivity contribution is -0.133. The standard InChI is InChI=1S/C8H14Br2N2O2/c1-11(2)7(13)5(9)6(10)8(14)12(3)4/h5-6H,1-4H3. The van der Waals surface area contributed by atoms with Gasteiger partial charge < -0.3 is 9.80 Å². The number of amides is 2. The van der Waals surface area contributed by atoms with Crippen molar-refractivity contribution in [2.24, 2.45) is 0 Å². The van der Waals surface area contributed by atoms with Crippen molar-refractivity contribution in [2.45, 2.75) is 9.65 Å². The van der Waals surface area contributed by atoms with Crippen molar-refractivity contribution in [1.29, 1.82) is 0 Å². The van der Waals surface area contributed by atoms with E-state index in [1.54, 1.807) is 28.2 Å². The van der Waals surface area contributed by atoms with E-state index < -0.39 is 9.65 Å². The van der Waals surface area contributed by atoms with Crippen LogP contribution in [0, 0.1) is 0 Å². The molecule has 0 aliphatic heterocycles. The van der Waals surface area contributed by atoms with Crippen LogP contribution in [0.3, 0.4) is 0 Å². The monoisotopic (exact) mass is 328 g/mol. The minimum Gasteiger partial charge on any atom is -0.348 e. The molecule has 82 valence electrons. The molecule has 4 nitrogen and oxygen atoms in total. The van der Waals surface area contributed by atoms with E-state index in [4.69, 9.17) is 0 Å². The number of hydrogen-bond acceptors (Lipinski definition) is 2. The van der Waals surface area contributed by atoms with Gasteiger partial charge in [-0.15, -0.1) is 0 Å². The Balaban J connectivity index is 4.46. The van der Waals surface area contributed by atoms with Crippen LogP contribution >= 0.6 is 31.9 Å². The maximum atomic E-state index is 11.5. The van der Waals surface area contributed by atoms with Crippen LogP contribution in [-0.4, -0.2) is 59.5 Å². The normalized spacial score (nSPS) is 14.4. The molecular formula is C8H14Br2N2O2. The molecule has 0 spiro atoms. The van der Waals surface area contributed by atoms with E-state index in [-0.39, 0.29) is 11.8 Å². The van der Waals surface area contributed by atoms with E-state index in [1.165, 1.54) is 9.80 Å². The fraction of sp³-hybridized carbons (Fsp3) is 0.750. The molecule has 0 aromatic carbocycles. The SMILES string of the molecule is CN(C)C(=O)C(Br)C(Br)C(=O)N(C)C. The zero-order valence-corrected chi connectivity index (χ0v) is 11.8. The van der Waals surface area contributed by atoms with Crippen molar-refractivity contribution in [1.82, 2.24) is 9.80 Å². The molecular weight excluding hydrogens is 316 g/mol.